The van der Waals surface area contributed by atoms with E-state index in [1.54, 1.807) is 6.92 Å². The molecule has 0 aromatic rings. The van der Waals surface area contributed by atoms with Crippen LogP contribution in [0.4, 0.5) is 0 Å². The Labute approximate surface area is 56.0 Å². The van der Waals surface area contributed by atoms with Crippen LogP contribution in [0.25, 0.3) is 0 Å². The predicted molar refractivity (Wildman–Crippen MR) is 22.0 cm³/mol. The molecule has 0 saturated carbocycles. The number of carbonyl (C=O) groups is 1. The van der Waals surface area contributed by atoms with Gasteiger partial charge in [-0.25, -0.2) is 0 Å². The van der Waals surface area contributed by atoms with E-state index in [2.05, 4.69) is 11.7 Å². The maximum Gasteiger partial charge on any atom is 2.00 e. The fourth-order valence-corrected chi connectivity index (χ4v) is 0.161. The maximum absolute atomic E-state index is 9.71. The first-order valence-corrected chi connectivity index (χ1v) is 1.76. The van der Waals surface area contributed by atoms with Crippen LogP contribution in [0.5, 0.6) is 0 Å². The average Bonchev–Trinajstić information content (AvgIpc) is 1.35. The van der Waals surface area contributed by atoms with E-state index in [1.165, 1.54) is 0 Å². The summed E-state index contributed by atoms with van der Waals surface area (Å²) in [4.78, 5) is 9.71. The van der Waals surface area contributed by atoms with Crippen LogP contribution in [0.15, 0.2) is 0 Å². The summed E-state index contributed by atoms with van der Waals surface area (Å²) in [5, 5.41) is 0. The van der Waals surface area contributed by atoms with Crippen LogP contribution in [0.2, 0.25) is 0 Å². The van der Waals surface area contributed by atoms with E-state index < -0.39 is 5.97 Å². The van der Waals surface area contributed by atoms with Gasteiger partial charge in [0.25, 0.3) is 0 Å². The van der Waals surface area contributed by atoms with Gasteiger partial charge in [-0.15, -0.1) is 0 Å². The normalized spacial score (nSPS) is 6.43. The Morgan fingerprint density at radius 1 is 1.86 bits per heavy atom. The van der Waals surface area contributed by atoms with Crippen molar-refractivity contribution in [3.05, 3.63) is 6.92 Å². The van der Waals surface area contributed by atoms with Crippen molar-refractivity contribution in [1.82, 2.24) is 0 Å². The molecule has 3 heteroatoms. The molecular weight excluding hydrogens is 145 g/mol. The second-order valence-corrected chi connectivity index (χ2v) is 0.805. The number of ether oxygens (including phenoxy) is 1. The molecule has 0 aromatic carbocycles. The molecule has 0 aliphatic heterocycles. The summed E-state index contributed by atoms with van der Waals surface area (Å²) < 4.78 is 4.29. The fourth-order valence-electron chi connectivity index (χ4n) is 0.161. The van der Waals surface area contributed by atoms with E-state index in [-0.39, 0.29) is 19.5 Å². The minimum atomic E-state index is -0.461. The molecular formula is C4H7O2Zn+. The molecule has 0 rings (SSSR count). The standard InChI is InChI=1S/C4H7O2.Zn/c1-3-6-4(2)5;/h2-3H2,1H3;/q-1;+2. The summed E-state index contributed by atoms with van der Waals surface area (Å²) >= 11 is 0. The molecule has 0 heterocycles. The number of carbonyl (C=O) groups excluding carboxylic acids is 1. The molecule has 0 aliphatic carbocycles. The van der Waals surface area contributed by atoms with E-state index in [0.717, 1.165) is 0 Å². The monoisotopic (exact) mass is 151 g/mol. The summed E-state index contributed by atoms with van der Waals surface area (Å²) in [6.07, 6.45) is 0. The van der Waals surface area contributed by atoms with Crippen LogP contribution in [0.1, 0.15) is 6.92 Å². The first kappa shape index (κ1) is 10.1. The first-order chi connectivity index (χ1) is 2.77. The van der Waals surface area contributed by atoms with Crippen molar-refractivity contribution in [3.8, 4) is 0 Å². The van der Waals surface area contributed by atoms with Crippen LogP contribution < -0.4 is 0 Å². The molecule has 0 atom stereocenters. The van der Waals surface area contributed by atoms with Gasteiger partial charge in [0.05, 0.1) is 6.61 Å². The largest absolute Gasteiger partial charge is 2.00 e. The van der Waals surface area contributed by atoms with Crippen molar-refractivity contribution < 1.29 is 29.0 Å². The predicted octanol–water partition coefficient (Wildman–Crippen LogP) is 0.381. The molecule has 0 N–H and O–H groups in total. The van der Waals surface area contributed by atoms with E-state index in [0.29, 0.717) is 6.61 Å². The second-order valence-electron chi connectivity index (χ2n) is 0.805. The van der Waals surface area contributed by atoms with Crippen LogP contribution >= 0.6 is 0 Å². The zero-order valence-electron chi connectivity index (χ0n) is 4.44. The minimum Gasteiger partial charge on any atom is -0.489 e. The number of hydrogen-bond donors (Lipinski definition) is 0. The third-order valence-electron chi connectivity index (χ3n) is 0.305. The zero-order valence-corrected chi connectivity index (χ0v) is 7.40. The van der Waals surface area contributed by atoms with Gasteiger partial charge in [0.1, 0.15) is 0 Å². The van der Waals surface area contributed by atoms with Gasteiger partial charge < -0.3 is 4.74 Å². The molecule has 2 nitrogen and oxygen atoms in total. The van der Waals surface area contributed by atoms with Crippen molar-refractivity contribution in [2.24, 2.45) is 0 Å². The molecule has 0 amide bonds. The van der Waals surface area contributed by atoms with Gasteiger partial charge in [0.15, 0.2) is 5.97 Å². The minimum absolute atomic E-state index is 0. The molecule has 0 unspecified atom stereocenters. The maximum atomic E-state index is 9.71. The summed E-state index contributed by atoms with van der Waals surface area (Å²) in [7, 11) is 0. The molecule has 0 aliphatic rings. The van der Waals surface area contributed by atoms with E-state index in [4.69, 9.17) is 0 Å². The van der Waals surface area contributed by atoms with Crippen molar-refractivity contribution >= 4 is 5.97 Å². The Bertz CT molecular complexity index is 53.7. The van der Waals surface area contributed by atoms with Gasteiger partial charge in [-0.3, -0.25) is 11.7 Å². The van der Waals surface area contributed by atoms with Crippen molar-refractivity contribution in [1.29, 1.82) is 0 Å². The van der Waals surface area contributed by atoms with E-state index in [1.807, 2.05) is 0 Å². The smallest absolute Gasteiger partial charge is 0.489 e. The molecule has 0 spiro atoms. The Morgan fingerprint density at radius 2 is 2.29 bits per heavy atom. The zero-order chi connectivity index (χ0) is 4.99. The molecule has 0 aromatic heterocycles. The number of esters is 1. The van der Waals surface area contributed by atoms with Crippen molar-refractivity contribution in [2.45, 2.75) is 6.92 Å². The van der Waals surface area contributed by atoms with Gasteiger partial charge in [0.2, 0.25) is 0 Å². The Morgan fingerprint density at radius 3 is 2.29 bits per heavy atom. The number of rotatable bonds is 1. The SMILES string of the molecule is [CH2-]C(=O)OCC.[Zn+2]. The summed E-state index contributed by atoms with van der Waals surface area (Å²) in [6.45, 7) is 5.13. The average molecular weight is 152 g/mol. The Kier molecular flexibility index (Phi) is 8.56. The van der Waals surface area contributed by atoms with Gasteiger partial charge in [-0.05, 0) is 6.92 Å². The van der Waals surface area contributed by atoms with Crippen LogP contribution in [-0.2, 0) is 29.0 Å². The third-order valence-corrected chi connectivity index (χ3v) is 0.305. The van der Waals surface area contributed by atoms with Gasteiger partial charge in [0, 0.05) is 0 Å². The van der Waals surface area contributed by atoms with E-state index in [9.17, 15) is 4.79 Å². The van der Waals surface area contributed by atoms with Gasteiger partial charge >= 0.3 is 19.5 Å². The van der Waals surface area contributed by atoms with Crippen molar-refractivity contribution in [2.75, 3.05) is 6.61 Å². The molecule has 0 fully saturated rings. The van der Waals surface area contributed by atoms with Crippen LogP contribution in [-0.4, -0.2) is 12.6 Å². The molecule has 7 heavy (non-hydrogen) atoms. The quantitative estimate of drug-likeness (QED) is 0.309. The second kappa shape index (κ2) is 5.96. The fraction of sp³-hybridized carbons (Fsp3) is 0.500. The topological polar surface area (TPSA) is 26.3 Å². The molecule has 0 saturated heterocycles. The van der Waals surface area contributed by atoms with Gasteiger partial charge in [-0.2, -0.15) is 0 Å². The Balaban J connectivity index is 0. The van der Waals surface area contributed by atoms with Crippen LogP contribution in [0, 0.1) is 6.92 Å². The van der Waals surface area contributed by atoms with Crippen molar-refractivity contribution in [3.63, 3.8) is 0 Å². The molecule has 0 bridgehead atoms. The summed E-state index contributed by atoms with van der Waals surface area (Å²) in [5.74, 6) is -0.461. The van der Waals surface area contributed by atoms with Gasteiger partial charge in [-0.1, -0.05) is 0 Å². The van der Waals surface area contributed by atoms with Crippen LogP contribution in [0.3, 0.4) is 0 Å². The number of hydrogen-bond acceptors (Lipinski definition) is 2. The molecule has 36 valence electrons. The van der Waals surface area contributed by atoms with E-state index >= 15 is 0 Å². The Hall–Kier alpha value is -0.0366. The molecule has 0 radical (unpaired) electrons. The first-order valence-electron chi connectivity index (χ1n) is 1.76. The third kappa shape index (κ3) is 10.7. The summed E-state index contributed by atoms with van der Waals surface area (Å²) in [6, 6.07) is 0. The summed E-state index contributed by atoms with van der Waals surface area (Å²) in [5.41, 5.74) is 0.